The molecular formula is C13H14ClN3O. The van der Waals surface area contributed by atoms with E-state index in [1.54, 1.807) is 0 Å². The third kappa shape index (κ3) is 2.90. The Balaban J connectivity index is 2.28. The summed E-state index contributed by atoms with van der Waals surface area (Å²) in [6, 6.07) is 7.79. The van der Waals surface area contributed by atoms with Crippen LogP contribution >= 0.6 is 11.6 Å². The third-order valence-corrected chi connectivity index (χ3v) is 2.67. The molecule has 94 valence electrons. The molecule has 0 saturated heterocycles. The first-order valence-electron chi connectivity index (χ1n) is 5.62. The predicted octanol–water partition coefficient (Wildman–Crippen LogP) is 3.63. The maximum Gasteiger partial charge on any atom is 0.247 e. The van der Waals surface area contributed by atoms with Crippen molar-refractivity contribution in [3.63, 3.8) is 0 Å². The van der Waals surface area contributed by atoms with Gasteiger partial charge in [0.05, 0.1) is 6.20 Å². The van der Waals surface area contributed by atoms with Crippen LogP contribution in [0, 0.1) is 0 Å². The normalized spacial score (nSPS) is 10.7. The standard InChI is InChI=1S/C13H14ClN3O/c1-8(2)9-4-3-5-10(6-9)18-12-11(15)7-16-13(14)17-12/h3-8H,15H2,1-2H3. The van der Waals surface area contributed by atoms with Gasteiger partial charge in [0.15, 0.2) is 0 Å². The largest absolute Gasteiger partial charge is 0.437 e. The van der Waals surface area contributed by atoms with E-state index < -0.39 is 0 Å². The maximum absolute atomic E-state index is 5.73. The van der Waals surface area contributed by atoms with Crippen molar-refractivity contribution in [2.75, 3.05) is 5.73 Å². The minimum Gasteiger partial charge on any atom is -0.437 e. The molecule has 1 aromatic heterocycles. The maximum atomic E-state index is 5.73. The van der Waals surface area contributed by atoms with Crippen molar-refractivity contribution < 1.29 is 4.74 Å². The fraction of sp³-hybridized carbons (Fsp3) is 0.231. The molecule has 0 spiro atoms. The molecule has 0 aliphatic heterocycles. The molecule has 18 heavy (non-hydrogen) atoms. The summed E-state index contributed by atoms with van der Waals surface area (Å²) in [5, 5.41) is 0.110. The van der Waals surface area contributed by atoms with Gasteiger partial charge >= 0.3 is 0 Å². The number of hydrogen-bond acceptors (Lipinski definition) is 4. The first kappa shape index (κ1) is 12.6. The van der Waals surface area contributed by atoms with Crippen LogP contribution in [0.4, 0.5) is 5.69 Å². The highest BCUT2D eigenvalue weighted by Crippen LogP contribution is 2.27. The Morgan fingerprint density at radius 2 is 2.11 bits per heavy atom. The lowest BCUT2D eigenvalue weighted by atomic mass is 10.0. The van der Waals surface area contributed by atoms with E-state index in [-0.39, 0.29) is 11.2 Å². The molecule has 0 fully saturated rings. The summed E-state index contributed by atoms with van der Waals surface area (Å²) in [6.07, 6.45) is 1.43. The smallest absolute Gasteiger partial charge is 0.247 e. The molecule has 2 aromatic rings. The average Bonchev–Trinajstić information content (AvgIpc) is 2.34. The van der Waals surface area contributed by atoms with Crippen LogP contribution in [0.25, 0.3) is 0 Å². The topological polar surface area (TPSA) is 61.0 Å². The monoisotopic (exact) mass is 263 g/mol. The molecule has 5 heteroatoms. The van der Waals surface area contributed by atoms with Gasteiger partial charge in [0.2, 0.25) is 11.2 Å². The van der Waals surface area contributed by atoms with Gasteiger partial charge in [-0.25, -0.2) is 4.98 Å². The lowest BCUT2D eigenvalue weighted by Gasteiger charge is -2.10. The van der Waals surface area contributed by atoms with Crippen LogP contribution in [0.15, 0.2) is 30.5 Å². The minimum absolute atomic E-state index is 0.110. The zero-order valence-electron chi connectivity index (χ0n) is 10.2. The fourth-order valence-corrected chi connectivity index (χ4v) is 1.61. The SMILES string of the molecule is CC(C)c1cccc(Oc2nc(Cl)ncc2N)c1. The van der Waals surface area contributed by atoms with Crippen LogP contribution in [0.5, 0.6) is 11.6 Å². The molecule has 0 saturated carbocycles. The lowest BCUT2D eigenvalue weighted by molar-refractivity contribution is 0.463. The first-order chi connectivity index (χ1) is 8.56. The molecule has 0 aliphatic carbocycles. The summed E-state index contributed by atoms with van der Waals surface area (Å²) in [6.45, 7) is 4.24. The molecule has 4 nitrogen and oxygen atoms in total. The van der Waals surface area contributed by atoms with E-state index in [9.17, 15) is 0 Å². The number of nitrogens with zero attached hydrogens (tertiary/aromatic N) is 2. The molecule has 2 N–H and O–H groups in total. The van der Waals surface area contributed by atoms with Gasteiger partial charge in [-0.1, -0.05) is 26.0 Å². The molecule has 2 rings (SSSR count). The van der Waals surface area contributed by atoms with Crippen molar-refractivity contribution in [2.45, 2.75) is 19.8 Å². The van der Waals surface area contributed by atoms with Gasteiger partial charge in [-0.2, -0.15) is 4.98 Å². The number of anilines is 1. The van der Waals surface area contributed by atoms with Crippen LogP contribution < -0.4 is 10.5 Å². The van der Waals surface area contributed by atoms with Crippen LogP contribution in [-0.4, -0.2) is 9.97 Å². The van der Waals surface area contributed by atoms with Gasteiger partial charge in [0.1, 0.15) is 11.4 Å². The van der Waals surface area contributed by atoms with E-state index in [1.807, 2.05) is 24.3 Å². The summed E-state index contributed by atoms with van der Waals surface area (Å²) < 4.78 is 5.62. The second-order valence-electron chi connectivity index (χ2n) is 4.23. The van der Waals surface area contributed by atoms with Crippen LogP contribution in [0.2, 0.25) is 5.28 Å². The zero-order valence-corrected chi connectivity index (χ0v) is 11.0. The lowest BCUT2D eigenvalue weighted by Crippen LogP contribution is -1.97. The molecular weight excluding hydrogens is 250 g/mol. The fourth-order valence-electron chi connectivity index (χ4n) is 1.49. The second-order valence-corrected chi connectivity index (χ2v) is 4.57. The number of nitrogens with two attached hydrogens (primary N) is 1. The Kier molecular flexibility index (Phi) is 3.67. The van der Waals surface area contributed by atoms with E-state index in [0.717, 1.165) is 0 Å². The second kappa shape index (κ2) is 5.23. The van der Waals surface area contributed by atoms with Gasteiger partial charge in [0, 0.05) is 0 Å². The molecule has 0 aliphatic rings. The summed E-state index contributed by atoms with van der Waals surface area (Å²) in [7, 11) is 0. The van der Waals surface area contributed by atoms with Crippen molar-refractivity contribution in [1.29, 1.82) is 0 Å². The summed E-state index contributed by atoms with van der Waals surface area (Å²) in [4.78, 5) is 7.73. The number of halogens is 1. The predicted molar refractivity (Wildman–Crippen MR) is 72.1 cm³/mol. The highest BCUT2D eigenvalue weighted by atomic mass is 35.5. The van der Waals surface area contributed by atoms with E-state index in [4.69, 9.17) is 22.1 Å². The summed E-state index contributed by atoms with van der Waals surface area (Å²) in [5.74, 6) is 1.39. The highest BCUT2D eigenvalue weighted by Gasteiger charge is 2.07. The van der Waals surface area contributed by atoms with E-state index >= 15 is 0 Å². The molecule has 0 atom stereocenters. The Morgan fingerprint density at radius 3 is 2.83 bits per heavy atom. The van der Waals surface area contributed by atoms with Crippen molar-refractivity contribution in [3.05, 3.63) is 41.3 Å². The summed E-state index contributed by atoms with van der Waals surface area (Å²) in [5.41, 5.74) is 7.27. The van der Waals surface area contributed by atoms with E-state index in [2.05, 4.69) is 23.8 Å². The third-order valence-electron chi connectivity index (χ3n) is 2.49. The summed E-state index contributed by atoms with van der Waals surface area (Å²) >= 11 is 5.71. The van der Waals surface area contributed by atoms with Gasteiger partial charge < -0.3 is 10.5 Å². The molecule has 0 amide bonds. The van der Waals surface area contributed by atoms with Crippen molar-refractivity contribution in [3.8, 4) is 11.6 Å². The number of ether oxygens (including phenoxy) is 1. The Labute approximate surface area is 111 Å². The number of aromatic nitrogens is 2. The van der Waals surface area contributed by atoms with Crippen LogP contribution in [0.1, 0.15) is 25.3 Å². The molecule has 0 radical (unpaired) electrons. The van der Waals surface area contributed by atoms with Gasteiger partial charge in [-0.3, -0.25) is 0 Å². The highest BCUT2D eigenvalue weighted by molar-refractivity contribution is 6.28. The number of nitrogen functional groups attached to an aromatic ring is 1. The van der Waals surface area contributed by atoms with Gasteiger partial charge in [0.25, 0.3) is 0 Å². The molecule has 0 unspecified atom stereocenters. The molecule has 1 aromatic carbocycles. The van der Waals surface area contributed by atoms with Crippen molar-refractivity contribution >= 4 is 17.3 Å². The molecule has 0 bridgehead atoms. The van der Waals surface area contributed by atoms with Crippen molar-refractivity contribution in [1.82, 2.24) is 9.97 Å². The van der Waals surface area contributed by atoms with E-state index in [0.29, 0.717) is 17.4 Å². The number of benzene rings is 1. The van der Waals surface area contributed by atoms with Crippen molar-refractivity contribution in [2.24, 2.45) is 0 Å². The van der Waals surface area contributed by atoms with Crippen LogP contribution in [0.3, 0.4) is 0 Å². The Hall–Kier alpha value is -1.81. The first-order valence-corrected chi connectivity index (χ1v) is 6.00. The molecule has 1 heterocycles. The zero-order chi connectivity index (χ0) is 13.1. The number of hydrogen-bond donors (Lipinski definition) is 1. The Morgan fingerprint density at radius 1 is 1.33 bits per heavy atom. The van der Waals surface area contributed by atoms with Gasteiger partial charge in [-0.15, -0.1) is 0 Å². The minimum atomic E-state index is 0.110. The quantitative estimate of drug-likeness (QED) is 0.859. The average molecular weight is 264 g/mol. The van der Waals surface area contributed by atoms with Crippen LogP contribution in [-0.2, 0) is 0 Å². The van der Waals surface area contributed by atoms with E-state index in [1.165, 1.54) is 11.8 Å². The van der Waals surface area contributed by atoms with Gasteiger partial charge in [-0.05, 0) is 35.2 Å². The number of rotatable bonds is 3. The Bertz CT molecular complexity index is 558.